The Labute approximate surface area is 220 Å². The van der Waals surface area contributed by atoms with Gasteiger partial charge < -0.3 is 19.3 Å². The van der Waals surface area contributed by atoms with Crippen LogP contribution in [0.5, 0.6) is 6.01 Å². The minimum Gasteiger partial charge on any atom is -0.461 e. The molecule has 3 aliphatic heterocycles. The molecule has 5 heterocycles. The molecule has 0 aliphatic carbocycles. The summed E-state index contributed by atoms with van der Waals surface area (Å²) in [7, 11) is 1.84. The molecular weight excluding hydrogens is 506 g/mol. The summed E-state index contributed by atoms with van der Waals surface area (Å²) in [5.74, 6) is -0.108. The van der Waals surface area contributed by atoms with Crippen molar-refractivity contribution in [2.75, 3.05) is 51.3 Å². The number of halogens is 3. The zero-order valence-corrected chi connectivity index (χ0v) is 22.4. The van der Waals surface area contributed by atoms with Crippen LogP contribution < -0.4 is 9.64 Å². The number of anilines is 1. The lowest BCUT2D eigenvalue weighted by Gasteiger charge is -2.41. The van der Waals surface area contributed by atoms with E-state index >= 15 is 0 Å². The van der Waals surface area contributed by atoms with E-state index in [0.29, 0.717) is 43.8 Å². The first-order valence-corrected chi connectivity index (χ1v) is 13.0. The van der Waals surface area contributed by atoms with Crippen molar-refractivity contribution in [2.24, 2.45) is 5.92 Å². The van der Waals surface area contributed by atoms with Crippen LogP contribution in [0.1, 0.15) is 40.0 Å². The Morgan fingerprint density at radius 1 is 1.30 bits per heavy atom. The van der Waals surface area contributed by atoms with Gasteiger partial charge in [-0.15, -0.1) is 0 Å². The third kappa shape index (κ3) is 5.25. The van der Waals surface area contributed by atoms with Crippen molar-refractivity contribution in [2.45, 2.75) is 57.3 Å². The molecule has 1 amide bonds. The summed E-state index contributed by atoms with van der Waals surface area (Å²) in [6.07, 6.45) is 2.47. The summed E-state index contributed by atoms with van der Waals surface area (Å²) in [4.78, 5) is 30.8. The van der Waals surface area contributed by atoms with E-state index in [9.17, 15) is 13.6 Å². The van der Waals surface area contributed by atoms with E-state index in [1.165, 1.54) is 6.20 Å². The van der Waals surface area contributed by atoms with Gasteiger partial charge in [-0.25, -0.2) is 18.6 Å². The number of amides is 1. The van der Waals surface area contributed by atoms with E-state index in [2.05, 4.69) is 19.9 Å². The standard InChI is InChI=1S/C25H33ClF2N6O3/c1-24(2,3)37-23(35)33-11-15(12-33)10-32(4)21-17-9-29-20(26)18(28)19(17)30-22(31-21)36-14-25-6-5-7-34(25)13-16(27)8-25/h9,15-16H,5-8,10-14H2,1-4H3/t16-,25+/m1/s1. The van der Waals surface area contributed by atoms with Crippen molar-refractivity contribution in [3.8, 4) is 6.01 Å². The molecule has 202 valence electrons. The number of fused-ring (bicyclic) bond motifs is 2. The van der Waals surface area contributed by atoms with Gasteiger partial charge in [0, 0.05) is 51.8 Å². The summed E-state index contributed by atoms with van der Waals surface area (Å²) in [6, 6.07) is 0.0167. The average Bonchev–Trinajstić information content (AvgIpc) is 3.31. The maximum atomic E-state index is 15.0. The number of likely N-dealkylation sites (tertiary alicyclic amines) is 1. The minimum atomic E-state index is -0.881. The molecule has 0 N–H and O–H groups in total. The normalized spacial score (nSPS) is 24.3. The molecule has 3 aliphatic rings. The van der Waals surface area contributed by atoms with Gasteiger partial charge in [0.05, 0.1) is 10.9 Å². The minimum absolute atomic E-state index is 0.0167. The zero-order valence-electron chi connectivity index (χ0n) is 21.6. The van der Waals surface area contributed by atoms with Gasteiger partial charge in [-0.1, -0.05) is 11.6 Å². The number of rotatable bonds is 6. The summed E-state index contributed by atoms with van der Waals surface area (Å²) < 4.78 is 40.6. The number of hydrogen-bond acceptors (Lipinski definition) is 8. The number of carbonyl (C=O) groups excluding carboxylic acids is 1. The lowest BCUT2D eigenvalue weighted by Crippen LogP contribution is -2.54. The molecule has 0 bridgehead atoms. The van der Waals surface area contributed by atoms with Gasteiger partial charge in [0.25, 0.3) is 0 Å². The Balaban J connectivity index is 1.33. The predicted octanol–water partition coefficient (Wildman–Crippen LogP) is 4.08. The zero-order chi connectivity index (χ0) is 26.5. The molecule has 0 spiro atoms. The van der Waals surface area contributed by atoms with Gasteiger partial charge in [-0.05, 0) is 40.2 Å². The Bertz CT molecular complexity index is 1190. The molecule has 0 radical (unpaired) electrons. The van der Waals surface area contributed by atoms with E-state index < -0.39 is 17.6 Å². The lowest BCUT2D eigenvalue weighted by atomic mass is 9.95. The van der Waals surface area contributed by atoms with Crippen molar-refractivity contribution in [3.63, 3.8) is 0 Å². The van der Waals surface area contributed by atoms with Crippen molar-refractivity contribution >= 4 is 34.4 Å². The molecule has 2 atom stereocenters. The smallest absolute Gasteiger partial charge is 0.410 e. The molecule has 9 nitrogen and oxygen atoms in total. The van der Waals surface area contributed by atoms with Crippen LogP contribution in [0.4, 0.5) is 19.4 Å². The number of aromatic nitrogens is 3. The topological polar surface area (TPSA) is 83.9 Å². The van der Waals surface area contributed by atoms with Crippen molar-refractivity contribution in [1.82, 2.24) is 24.8 Å². The number of nitrogens with zero attached hydrogens (tertiary/aromatic N) is 6. The highest BCUT2D eigenvalue weighted by Gasteiger charge is 2.49. The van der Waals surface area contributed by atoms with Crippen LogP contribution in [-0.2, 0) is 4.74 Å². The van der Waals surface area contributed by atoms with Crippen LogP contribution in [0.25, 0.3) is 10.9 Å². The quantitative estimate of drug-likeness (QED) is 0.509. The number of pyridine rings is 1. The third-order valence-electron chi connectivity index (χ3n) is 7.33. The van der Waals surface area contributed by atoms with Crippen molar-refractivity contribution < 1.29 is 23.0 Å². The van der Waals surface area contributed by atoms with Crippen molar-refractivity contribution in [1.29, 1.82) is 0 Å². The van der Waals surface area contributed by atoms with Gasteiger partial charge >= 0.3 is 12.1 Å². The number of hydrogen-bond donors (Lipinski definition) is 0. The Hall–Kier alpha value is -2.53. The van der Waals surface area contributed by atoms with Crippen LogP contribution in [0.3, 0.4) is 0 Å². The highest BCUT2D eigenvalue weighted by Crippen LogP contribution is 2.40. The monoisotopic (exact) mass is 538 g/mol. The highest BCUT2D eigenvalue weighted by atomic mass is 35.5. The molecule has 0 saturated carbocycles. The van der Waals surface area contributed by atoms with Gasteiger partial charge in [0.1, 0.15) is 29.7 Å². The maximum absolute atomic E-state index is 15.0. The van der Waals surface area contributed by atoms with E-state index in [1.54, 1.807) is 4.90 Å². The summed E-state index contributed by atoms with van der Waals surface area (Å²) in [6.45, 7) is 8.65. The van der Waals surface area contributed by atoms with Gasteiger partial charge in [0.2, 0.25) is 0 Å². The Morgan fingerprint density at radius 2 is 2.05 bits per heavy atom. The molecule has 5 rings (SSSR count). The van der Waals surface area contributed by atoms with Crippen LogP contribution in [-0.4, -0.2) is 94.5 Å². The first-order chi connectivity index (χ1) is 17.4. The SMILES string of the molecule is CN(CC1CN(C(=O)OC(C)(C)C)C1)c1nc(OC[C@@]23CCCN2C[C@H](F)C3)nc2c(F)c(Cl)ncc12. The molecule has 37 heavy (non-hydrogen) atoms. The number of ether oxygens (including phenoxy) is 2. The summed E-state index contributed by atoms with van der Waals surface area (Å²) in [5, 5.41) is 0.125. The van der Waals surface area contributed by atoms with Crippen LogP contribution in [0.2, 0.25) is 5.15 Å². The fraction of sp³-hybridized carbons (Fsp3) is 0.680. The summed E-state index contributed by atoms with van der Waals surface area (Å²) in [5.41, 5.74) is -0.909. The molecule has 0 unspecified atom stereocenters. The summed E-state index contributed by atoms with van der Waals surface area (Å²) >= 11 is 5.95. The van der Waals surface area contributed by atoms with E-state index in [0.717, 1.165) is 19.4 Å². The first-order valence-electron chi connectivity index (χ1n) is 12.7. The van der Waals surface area contributed by atoms with E-state index in [1.807, 2.05) is 32.7 Å². The largest absolute Gasteiger partial charge is 0.461 e. The van der Waals surface area contributed by atoms with Gasteiger partial charge in [0.15, 0.2) is 11.0 Å². The maximum Gasteiger partial charge on any atom is 0.410 e. The fourth-order valence-corrected chi connectivity index (χ4v) is 5.78. The third-order valence-corrected chi connectivity index (χ3v) is 7.60. The molecule has 2 aromatic rings. The first kappa shape index (κ1) is 26.1. The second-order valence-electron chi connectivity index (χ2n) is 11.5. The van der Waals surface area contributed by atoms with Crippen LogP contribution >= 0.6 is 11.6 Å². The second kappa shape index (κ2) is 9.65. The number of alkyl halides is 1. The van der Waals surface area contributed by atoms with E-state index in [4.69, 9.17) is 21.1 Å². The van der Waals surface area contributed by atoms with Crippen LogP contribution in [0, 0.1) is 11.7 Å². The van der Waals surface area contributed by atoms with E-state index in [-0.39, 0.29) is 40.8 Å². The molecule has 2 aromatic heterocycles. The molecular formula is C25H33ClF2N6O3. The van der Waals surface area contributed by atoms with Crippen LogP contribution in [0.15, 0.2) is 6.20 Å². The Kier molecular flexibility index (Phi) is 6.81. The Morgan fingerprint density at radius 3 is 2.78 bits per heavy atom. The molecule has 3 fully saturated rings. The second-order valence-corrected chi connectivity index (χ2v) is 11.8. The fourth-order valence-electron chi connectivity index (χ4n) is 5.64. The molecule has 12 heteroatoms. The van der Waals surface area contributed by atoms with Crippen molar-refractivity contribution in [3.05, 3.63) is 17.2 Å². The van der Waals surface area contributed by atoms with Gasteiger partial charge in [-0.2, -0.15) is 9.97 Å². The average molecular weight is 539 g/mol. The number of carbonyl (C=O) groups is 1. The molecule has 3 saturated heterocycles. The predicted molar refractivity (Wildman–Crippen MR) is 135 cm³/mol. The highest BCUT2D eigenvalue weighted by molar-refractivity contribution is 6.30. The lowest BCUT2D eigenvalue weighted by molar-refractivity contribution is 0.000177. The van der Waals surface area contributed by atoms with Gasteiger partial charge in [-0.3, -0.25) is 4.90 Å². The molecule has 0 aromatic carbocycles.